The van der Waals surface area contributed by atoms with Crippen LogP contribution in [-0.4, -0.2) is 19.5 Å². The van der Waals surface area contributed by atoms with Gasteiger partial charge in [0.25, 0.3) is 0 Å². The molecule has 0 bridgehead atoms. The van der Waals surface area contributed by atoms with Crippen LogP contribution in [0, 0.1) is 0 Å². The first-order valence-electron chi connectivity index (χ1n) is 22.7. The van der Waals surface area contributed by atoms with E-state index in [2.05, 4.69) is 225 Å². The quantitative estimate of drug-likeness (QED) is 0.167. The van der Waals surface area contributed by atoms with Crippen molar-refractivity contribution in [1.82, 2.24) is 19.5 Å². The molecule has 0 spiro atoms. The molecule has 2 heterocycles. The highest BCUT2D eigenvalue weighted by Crippen LogP contribution is 2.52. The average molecular weight is 843 g/mol. The number of para-hydroxylation sites is 1. The van der Waals surface area contributed by atoms with E-state index in [9.17, 15) is 0 Å². The smallest absolute Gasteiger partial charge is 0.238 e. The van der Waals surface area contributed by atoms with Crippen LogP contribution in [-0.2, 0) is 5.41 Å². The Morgan fingerprint density at radius 2 is 0.864 bits per heavy atom. The molecule has 1 aliphatic carbocycles. The van der Waals surface area contributed by atoms with Gasteiger partial charge in [0.1, 0.15) is 0 Å². The summed E-state index contributed by atoms with van der Waals surface area (Å²) in [5.74, 6) is 1.78. The van der Waals surface area contributed by atoms with Crippen molar-refractivity contribution in [2.45, 2.75) is 19.3 Å². The van der Waals surface area contributed by atoms with Gasteiger partial charge in [0.15, 0.2) is 11.6 Å². The number of benzene rings is 10. The molecular formula is C62H42N4. The molecule has 66 heavy (non-hydrogen) atoms. The number of fused-ring (bicyclic) bond motifs is 9. The molecule has 0 saturated carbocycles. The summed E-state index contributed by atoms with van der Waals surface area (Å²) in [4.78, 5) is 16.1. The minimum atomic E-state index is -0.134. The first-order chi connectivity index (χ1) is 32.5. The Labute approximate surface area is 383 Å². The first-order valence-corrected chi connectivity index (χ1v) is 22.7. The summed E-state index contributed by atoms with van der Waals surface area (Å²) in [6.45, 7) is 4.71. The molecule has 0 radical (unpaired) electrons. The van der Waals surface area contributed by atoms with Gasteiger partial charge in [0.05, 0.1) is 11.0 Å². The highest BCUT2D eigenvalue weighted by atomic mass is 15.2. The lowest BCUT2D eigenvalue weighted by Crippen LogP contribution is -2.14. The minimum Gasteiger partial charge on any atom is -0.277 e. The Morgan fingerprint density at radius 3 is 1.52 bits per heavy atom. The van der Waals surface area contributed by atoms with Crippen molar-refractivity contribution in [1.29, 1.82) is 0 Å². The zero-order chi connectivity index (χ0) is 43.9. The Morgan fingerprint density at radius 1 is 0.348 bits per heavy atom. The van der Waals surface area contributed by atoms with Crippen molar-refractivity contribution >= 4 is 43.4 Å². The molecule has 0 amide bonds. The number of nitrogens with zero attached hydrogens (tertiary/aromatic N) is 4. The molecule has 4 nitrogen and oxygen atoms in total. The van der Waals surface area contributed by atoms with Gasteiger partial charge in [-0.3, -0.25) is 4.57 Å². The van der Waals surface area contributed by atoms with Gasteiger partial charge in [-0.15, -0.1) is 0 Å². The molecule has 310 valence electrons. The van der Waals surface area contributed by atoms with Crippen molar-refractivity contribution in [3.05, 3.63) is 230 Å². The Kier molecular flexibility index (Phi) is 8.53. The van der Waals surface area contributed by atoms with Gasteiger partial charge in [0, 0.05) is 32.9 Å². The minimum absolute atomic E-state index is 0.134. The van der Waals surface area contributed by atoms with Gasteiger partial charge in [-0.2, -0.15) is 9.97 Å². The van der Waals surface area contributed by atoms with E-state index < -0.39 is 0 Å². The Balaban J connectivity index is 1.07. The van der Waals surface area contributed by atoms with E-state index in [-0.39, 0.29) is 5.41 Å². The lowest BCUT2D eigenvalue weighted by Gasteiger charge is -2.21. The van der Waals surface area contributed by atoms with Crippen LogP contribution in [0.4, 0.5) is 0 Å². The van der Waals surface area contributed by atoms with Crippen LogP contribution in [0.2, 0.25) is 0 Å². The topological polar surface area (TPSA) is 43.6 Å². The third-order valence-electron chi connectivity index (χ3n) is 13.9. The fourth-order valence-corrected chi connectivity index (χ4v) is 10.5. The molecule has 0 saturated heterocycles. The lowest BCUT2D eigenvalue weighted by atomic mass is 9.82. The van der Waals surface area contributed by atoms with E-state index in [1.165, 1.54) is 38.4 Å². The summed E-state index contributed by atoms with van der Waals surface area (Å²) in [5, 5.41) is 7.17. The maximum atomic E-state index is 5.44. The van der Waals surface area contributed by atoms with Gasteiger partial charge >= 0.3 is 0 Å². The summed E-state index contributed by atoms with van der Waals surface area (Å²) in [5.41, 5.74) is 16.0. The van der Waals surface area contributed by atoms with Crippen LogP contribution in [0.25, 0.3) is 117 Å². The van der Waals surface area contributed by atoms with E-state index in [4.69, 9.17) is 15.0 Å². The van der Waals surface area contributed by atoms with Gasteiger partial charge < -0.3 is 0 Å². The number of rotatable bonds is 6. The van der Waals surface area contributed by atoms with E-state index in [0.717, 1.165) is 71.7 Å². The summed E-state index contributed by atoms with van der Waals surface area (Å²) in [7, 11) is 0. The monoisotopic (exact) mass is 842 g/mol. The molecule has 2 aromatic heterocycles. The van der Waals surface area contributed by atoms with Gasteiger partial charge in [-0.1, -0.05) is 214 Å². The van der Waals surface area contributed by atoms with Crippen LogP contribution in [0.5, 0.6) is 0 Å². The Hall–Kier alpha value is -8.47. The molecule has 0 aliphatic heterocycles. The van der Waals surface area contributed by atoms with Crippen LogP contribution >= 0.6 is 0 Å². The standard InChI is InChI=1S/C62H42N4/c1-62(2)54-34-33-48(37-53(54)57-49-21-12-11-18-43(49)32-35-55(57)62)50-22-13-23-51-52-36-46-19-9-10-20-47(46)38-56(52)66(58(50)51)61-64-59(44-28-24-41(25-29-44)39-14-5-3-6-15-39)63-60(65-61)45-30-26-42(27-31-45)40-16-7-4-8-17-40/h3-38H,1-2H3. The first kappa shape index (κ1) is 38.0. The number of hydrogen-bond donors (Lipinski definition) is 0. The maximum Gasteiger partial charge on any atom is 0.238 e. The summed E-state index contributed by atoms with van der Waals surface area (Å²) < 4.78 is 2.29. The highest BCUT2D eigenvalue weighted by molar-refractivity contribution is 6.17. The maximum absolute atomic E-state index is 5.44. The van der Waals surface area contributed by atoms with Crippen molar-refractivity contribution in [3.8, 4) is 73.2 Å². The molecular weight excluding hydrogens is 801 g/mol. The normalized spacial score (nSPS) is 12.8. The summed E-state index contributed by atoms with van der Waals surface area (Å²) >= 11 is 0. The van der Waals surface area contributed by atoms with Crippen molar-refractivity contribution < 1.29 is 0 Å². The predicted octanol–water partition coefficient (Wildman–Crippen LogP) is 15.9. The average Bonchev–Trinajstić information content (AvgIpc) is 3.83. The van der Waals surface area contributed by atoms with Gasteiger partial charge in [-0.05, 0) is 89.8 Å². The van der Waals surface area contributed by atoms with E-state index in [1.807, 2.05) is 12.1 Å². The second-order valence-corrected chi connectivity index (χ2v) is 18.0. The van der Waals surface area contributed by atoms with Crippen LogP contribution < -0.4 is 0 Å². The van der Waals surface area contributed by atoms with Crippen molar-refractivity contribution in [3.63, 3.8) is 0 Å². The van der Waals surface area contributed by atoms with Gasteiger partial charge in [-0.25, -0.2) is 4.98 Å². The van der Waals surface area contributed by atoms with E-state index in [1.54, 1.807) is 0 Å². The fraction of sp³-hybridized carbons (Fsp3) is 0.0484. The second-order valence-electron chi connectivity index (χ2n) is 18.0. The third-order valence-corrected chi connectivity index (χ3v) is 13.9. The number of aromatic nitrogens is 4. The second kappa shape index (κ2) is 14.8. The summed E-state index contributed by atoms with van der Waals surface area (Å²) in [6, 6.07) is 78.5. The van der Waals surface area contributed by atoms with E-state index in [0.29, 0.717) is 17.6 Å². The van der Waals surface area contributed by atoms with Gasteiger partial charge in [0.2, 0.25) is 5.95 Å². The largest absolute Gasteiger partial charge is 0.277 e. The summed E-state index contributed by atoms with van der Waals surface area (Å²) in [6.07, 6.45) is 0. The Bertz CT molecular complexity index is 3770. The molecule has 4 heteroatoms. The highest BCUT2D eigenvalue weighted by Gasteiger charge is 2.36. The number of hydrogen-bond acceptors (Lipinski definition) is 3. The van der Waals surface area contributed by atoms with Crippen LogP contribution in [0.3, 0.4) is 0 Å². The van der Waals surface area contributed by atoms with E-state index >= 15 is 0 Å². The van der Waals surface area contributed by atoms with Crippen molar-refractivity contribution in [2.24, 2.45) is 0 Å². The molecule has 0 unspecified atom stereocenters. The molecule has 12 aromatic rings. The zero-order valence-electron chi connectivity index (χ0n) is 36.6. The molecule has 1 aliphatic rings. The SMILES string of the molecule is CC1(C)c2ccc(-c3cccc4c5cc6ccccc6cc5n(-c5nc(-c6ccc(-c7ccccc7)cc6)nc(-c6ccc(-c7ccccc7)cc6)n5)c34)cc2-c2c1ccc1ccccc21. The van der Waals surface area contributed by atoms with Crippen LogP contribution in [0.1, 0.15) is 25.0 Å². The molecule has 0 N–H and O–H groups in total. The lowest BCUT2D eigenvalue weighted by molar-refractivity contribution is 0.661. The molecule has 10 aromatic carbocycles. The molecule has 13 rings (SSSR count). The molecule has 0 atom stereocenters. The fourth-order valence-electron chi connectivity index (χ4n) is 10.5. The third kappa shape index (κ3) is 6.03. The molecule has 0 fully saturated rings. The zero-order valence-corrected chi connectivity index (χ0v) is 36.6. The van der Waals surface area contributed by atoms with Crippen LogP contribution in [0.15, 0.2) is 218 Å². The predicted molar refractivity (Wildman–Crippen MR) is 274 cm³/mol. The van der Waals surface area contributed by atoms with Crippen molar-refractivity contribution in [2.75, 3.05) is 0 Å².